The maximum atomic E-state index is 13.8. The summed E-state index contributed by atoms with van der Waals surface area (Å²) in [6, 6.07) is 18.0. The van der Waals surface area contributed by atoms with Gasteiger partial charge in [-0.15, -0.1) is 0 Å². The lowest BCUT2D eigenvalue weighted by molar-refractivity contribution is -0.142. The summed E-state index contributed by atoms with van der Waals surface area (Å²) in [6.45, 7) is 2.58. The van der Waals surface area contributed by atoms with Crippen molar-refractivity contribution in [2.45, 2.75) is 13.3 Å². The van der Waals surface area contributed by atoms with Crippen molar-refractivity contribution in [3.05, 3.63) is 66.2 Å². The van der Waals surface area contributed by atoms with Crippen molar-refractivity contribution in [1.29, 1.82) is 0 Å². The van der Waals surface area contributed by atoms with Crippen LogP contribution in [0.15, 0.2) is 60.7 Å². The van der Waals surface area contributed by atoms with Crippen LogP contribution in [-0.4, -0.2) is 38.0 Å². The molecule has 2 heterocycles. The molecule has 0 bridgehead atoms. The molecule has 1 N–H and O–H groups in total. The van der Waals surface area contributed by atoms with Crippen LogP contribution in [0.3, 0.4) is 0 Å². The zero-order chi connectivity index (χ0) is 22.5. The second-order valence-corrected chi connectivity index (χ2v) is 8.23. The second kappa shape index (κ2) is 7.37. The number of carbonyl (C=O) groups excluding carboxylic acids is 3. The van der Waals surface area contributed by atoms with Crippen LogP contribution in [0.4, 0.5) is 16.2 Å². The molecule has 4 amide bonds. The first kappa shape index (κ1) is 20.1. The molecule has 3 aromatic carbocycles. The SMILES string of the molecule is CCOc1ccc(N2C(=O)NC(=O)[C@@]3(Cc4c(ccc5ccccc45)N(C)C3)C2=O)cc1. The molecule has 3 aromatic rings. The Labute approximate surface area is 185 Å². The fraction of sp³-hybridized carbons (Fsp3) is 0.240. The first-order valence-electron chi connectivity index (χ1n) is 10.6. The van der Waals surface area contributed by atoms with Gasteiger partial charge in [0.15, 0.2) is 5.41 Å². The first-order valence-corrected chi connectivity index (χ1v) is 10.6. The number of ether oxygens (including phenoxy) is 1. The number of nitrogens with one attached hydrogen (secondary N) is 1. The molecule has 0 aromatic heterocycles. The summed E-state index contributed by atoms with van der Waals surface area (Å²) in [5.41, 5.74) is 0.910. The number of barbiturate groups is 1. The third kappa shape index (κ3) is 2.92. The van der Waals surface area contributed by atoms with Crippen molar-refractivity contribution in [1.82, 2.24) is 5.32 Å². The Hall–Kier alpha value is -3.87. The zero-order valence-electron chi connectivity index (χ0n) is 17.9. The van der Waals surface area contributed by atoms with Crippen LogP contribution in [0, 0.1) is 5.41 Å². The fourth-order valence-corrected chi connectivity index (χ4v) is 4.78. The molecule has 2 aliphatic heterocycles. The normalized spacial score (nSPS) is 20.5. The van der Waals surface area contributed by atoms with Gasteiger partial charge in [-0.25, -0.2) is 9.69 Å². The van der Waals surface area contributed by atoms with Gasteiger partial charge in [-0.05, 0) is 53.6 Å². The monoisotopic (exact) mass is 429 g/mol. The minimum absolute atomic E-state index is 0.184. The number of imide groups is 2. The highest BCUT2D eigenvalue weighted by Gasteiger charge is 2.57. The second-order valence-electron chi connectivity index (χ2n) is 8.23. The number of hydrogen-bond donors (Lipinski definition) is 1. The van der Waals surface area contributed by atoms with Crippen molar-refractivity contribution in [3.63, 3.8) is 0 Å². The molecule has 1 fully saturated rings. The maximum absolute atomic E-state index is 13.8. The van der Waals surface area contributed by atoms with E-state index in [1.165, 1.54) is 0 Å². The van der Waals surface area contributed by atoms with Crippen molar-refractivity contribution in [2.24, 2.45) is 5.41 Å². The standard InChI is InChI=1S/C25H23N3O4/c1-3-32-18-11-9-17(10-12-18)28-23(30)25(22(29)26-24(28)31)14-20-19-7-5-4-6-16(19)8-13-21(20)27(2)15-25/h4-13H,3,14-15H2,1-2H3,(H,26,29,31)/t25-/m0/s1. The van der Waals surface area contributed by atoms with E-state index in [1.54, 1.807) is 24.3 Å². The van der Waals surface area contributed by atoms with Gasteiger partial charge >= 0.3 is 6.03 Å². The van der Waals surface area contributed by atoms with E-state index in [4.69, 9.17) is 4.74 Å². The van der Waals surface area contributed by atoms with E-state index in [0.29, 0.717) is 18.0 Å². The van der Waals surface area contributed by atoms with Gasteiger partial charge in [-0.2, -0.15) is 0 Å². The Morgan fingerprint density at radius 2 is 1.75 bits per heavy atom. The highest BCUT2D eigenvalue weighted by Crippen LogP contribution is 2.43. The number of nitrogens with zero attached hydrogens (tertiary/aromatic N) is 2. The molecule has 0 unspecified atom stereocenters. The lowest BCUT2D eigenvalue weighted by Crippen LogP contribution is -2.68. The Morgan fingerprint density at radius 1 is 1.00 bits per heavy atom. The number of carbonyl (C=O) groups is 3. The molecule has 1 spiro atoms. The highest BCUT2D eigenvalue weighted by atomic mass is 16.5. The van der Waals surface area contributed by atoms with Crippen LogP contribution < -0.4 is 19.9 Å². The number of amides is 4. The van der Waals surface area contributed by atoms with Crippen molar-refractivity contribution in [3.8, 4) is 5.75 Å². The summed E-state index contributed by atoms with van der Waals surface area (Å²) in [4.78, 5) is 42.7. The predicted octanol–water partition coefficient (Wildman–Crippen LogP) is 3.50. The van der Waals surface area contributed by atoms with Gasteiger partial charge in [-0.3, -0.25) is 14.9 Å². The molecular formula is C25H23N3O4. The molecule has 0 aliphatic carbocycles. The van der Waals surface area contributed by atoms with E-state index in [1.807, 2.05) is 55.3 Å². The highest BCUT2D eigenvalue weighted by molar-refractivity contribution is 6.30. The molecule has 2 aliphatic rings. The number of benzene rings is 3. The molecule has 0 saturated carbocycles. The molecule has 0 radical (unpaired) electrons. The zero-order valence-corrected chi connectivity index (χ0v) is 17.9. The fourth-order valence-electron chi connectivity index (χ4n) is 4.78. The van der Waals surface area contributed by atoms with E-state index in [9.17, 15) is 14.4 Å². The molecule has 1 saturated heterocycles. The van der Waals surface area contributed by atoms with Crippen LogP contribution in [-0.2, 0) is 16.0 Å². The van der Waals surface area contributed by atoms with Gasteiger partial charge < -0.3 is 9.64 Å². The summed E-state index contributed by atoms with van der Waals surface area (Å²) < 4.78 is 5.46. The van der Waals surface area contributed by atoms with Crippen molar-refractivity contribution >= 4 is 40.0 Å². The van der Waals surface area contributed by atoms with Crippen molar-refractivity contribution < 1.29 is 19.1 Å². The van der Waals surface area contributed by atoms with Gasteiger partial charge in [-0.1, -0.05) is 30.3 Å². The average Bonchev–Trinajstić information content (AvgIpc) is 2.79. The molecule has 7 heteroatoms. The molecule has 1 atom stereocenters. The minimum Gasteiger partial charge on any atom is -0.494 e. The lowest BCUT2D eigenvalue weighted by Gasteiger charge is -2.45. The van der Waals surface area contributed by atoms with Gasteiger partial charge in [0.25, 0.3) is 5.91 Å². The van der Waals surface area contributed by atoms with Gasteiger partial charge in [0.2, 0.25) is 5.91 Å². The van der Waals surface area contributed by atoms with Gasteiger partial charge in [0.05, 0.1) is 12.3 Å². The van der Waals surface area contributed by atoms with E-state index in [-0.39, 0.29) is 13.0 Å². The predicted molar refractivity (Wildman–Crippen MR) is 122 cm³/mol. The summed E-state index contributed by atoms with van der Waals surface area (Å²) in [5, 5.41) is 4.47. The van der Waals surface area contributed by atoms with E-state index >= 15 is 0 Å². The van der Waals surface area contributed by atoms with Crippen LogP contribution in [0.1, 0.15) is 12.5 Å². The Kier molecular flexibility index (Phi) is 4.62. The van der Waals surface area contributed by atoms with E-state index in [0.717, 1.165) is 26.9 Å². The topological polar surface area (TPSA) is 79.0 Å². The van der Waals surface area contributed by atoms with Crippen LogP contribution >= 0.6 is 0 Å². The quantitative estimate of drug-likeness (QED) is 0.645. The smallest absolute Gasteiger partial charge is 0.335 e. The third-order valence-electron chi connectivity index (χ3n) is 6.29. The summed E-state index contributed by atoms with van der Waals surface area (Å²) in [5.74, 6) is -0.425. The molecule has 32 heavy (non-hydrogen) atoms. The third-order valence-corrected chi connectivity index (χ3v) is 6.29. The summed E-state index contributed by atoms with van der Waals surface area (Å²) >= 11 is 0. The first-order chi connectivity index (χ1) is 15.4. The van der Waals surface area contributed by atoms with E-state index < -0.39 is 23.3 Å². The largest absolute Gasteiger partial charge is 0.494 e. The van der Waals surface area contributed by atoms with Gasteiger partial charge in [0, 0.05) is 25.7 Å². The Bertz CT molecular complexity index is 1250. The number of fused-ring (bicyclic) bond motifs is 3. The number of rotatable bonds is 3. The Balaban J connectivity index is 1.59. The average molecular weight is 429 g/mol. The van der Waals surface area contributed by atoms with Gasteiger partial charge in [0.1, 0.15) is 5.75 Å². The maximum Gasteiger partial charge on any atom is 0.335 e. The van der Waals surface area contributed by atoms with E-state index in [2.05, 4.69) is 5.32 Å². The molecule has 7 nitrogen and oxygen atoms in total. The number of anilines is 2. The Morgan fingerprint density at radius 3 is 2.50 bits per heavy atom. The summed E-state index contributed by atoms with van der Waals surface area (Å²) in [6.07, 6.45) is 0.222. The van der Waals surface area contributed by atoms with Crippen LogP contribution in [0.25, 0.3) is 10.8 Å². The number of hydrogen-bond acceptors (Lipinski definition) is 5. The lowest BCUT2D eigenvalue weighted by atomic mass is 9.73. The minimum atomic E-state index is -1.40. The summed E-state index contributed by atoms with van der Waals surface area (Å²) in [7, 11) is 1.87. The van der Waals surface area contributed by atoms with Crippen LogP contribution in [0.5, 0.6) is 5.75 Å². The van der Waals surface area contributed by atoms with Crippen LogP contribution in [0.2, 0.25) is 0 Å². The molecular weight excluding hydrogens is 406 g/mol. The molecule has 162 valence electrons. The number of urea groups is 1. The molecule has 5 rings (SSSR count). The van der Waals surface area contributed by atoms with Crippen molar-refractivity contribution in [2.75, 3.05) is 30.0 Å².